The van der Waals surface area contributed by atoms with Gasteiger partial charge in [-0.1, -0.05) is 17.2 Å². The van der Waals surface area contributed by atoms with E-state index >= 15 is 0 Å². The average Bonchev–Trinajstić information content (AvgIpc) is 2.26. The van der Waals surface area contributed by atoms with Crippen molar-refractivity contribution in [1.29, 1.82) is 0 Å². The number of amides is 1. The summed E-state index contributed by atoms with van der Waals surface area (Å²) in [5.41, 5.74) is 1.99. The first kappa shape index (κ1) is 17.9. The predicted molar refractivity (Wildman–Crippen MR) is 74.2 cm³/mol. The Hall–Kier alpha value is -2.11. The van der Waals surface area contributed by atoms with Crippen LogP contribution in [0.15, 0.2) is 23.3 Å². The second-order valence-electron chi connectivity index (χ2n) is 4.81. The molecule has 1 amide bonds. The molecule has 0 aliphatic heterocycles. The van der Waals surface area contributed by atoms with Gasteiger partial charge in [0.25, 0.3) is 0 Å². The van der Waals surface area contributed by atoms with Crippen molar-refractivity contribution in [2.24, 2.45) is 0 Å². The molecule has 0 radical (unpaired) electrons. The van der Waals surface area contributed by atoms with Crippen molar-refractivity contribution in [3.8, 4) is 0 Å². The van der Waals surface area contributed by atoms with Gasteiger partial charge in [0.1, 0.15) is 6.04 Å². The zero-order chi connectivity index (χ0) is 15.7. The number of rotatable bonds is 8. The van der Waals surface area contributed by atoms with Crippen molar-refractivity contribution in [2.45, 2.75) is 46.1 Å². The Bertz CT molecular complexity index is 433. The highest BCUT2D eigenvalue weighted by atomic mass is 16.4. The summed E-state index contributed by atoms with van der Waals surface area (Å²) in [7, 11) is 0. The maximum absolute atomic E-state index is 11.6. The molecule has 0 spiro atoms. The van der Waals surface area contributed by atoms with Crippen LogP contribution >= 0.6 is 0 Å². The minimum atomic E-state index is -1.41. The summed E-state index contributed by atoms with van der Waals surface area (Å²) in [6.07, 6.45) is 4.19. The third-order valence-electron chi connectivity index (χ3n) is 2.46. The molecule has 0 aromatic rings. The van der Waals surface area contributed by atoms with E-state index in [9.17, 15) is 14.4 Å². The zero-order valence-electron chi connectivity index (χ0n) is 12.0. The van der Waals surface area contributed by atoms with Crippen LogP contribution in [0.3, 0.4) is 0 Å². The van der Waals surface area contributed by atoms with E-state index in [1.165, 1.54) is 11.6 Å². The van der Waals surface area contributed by atoms with Gasteiger partial charge in [-0.15, -0.1) is 0 Å². The van der Waals surface area contributed by atoms with E-state index in [1.807, 2.05) is 19.9 Å². The minimum Gasteiger partial charge on any atom is -0.481 e. The number of aliphatic carboxylic acids is 2. The normalized spacial score (nSPS) is 12.4. The largest absolute Gasteiger partial charge is 0.481 e. The van der Waals surface area contributed by atoms with Crippen molar-refractivity contribution in [1.82, 2.24) is 5.32 Å². The van der Waals surface area contributed by atoms with E-state index in [0.717, 1.165) is 12.0 Å². The highest BCUT2D eigenvalue weighted by molar-refractivity contribution is 5.92. The first-order valence-corrected chi connectivity index (χ1v) is 6.28. The van der Waals surface area contributed by atoms with Crippen LogP contribution in [-0.2, 0) is 14.4 Å². The maximum Gasteiger partial charge on any atom is 0.326 e. The van der Waals surface area contributed by atoms with Crippen LogP contribution in [0.25, 0.3) is 0 Å². The molecule has 112 valence electrons. The molecule has 0 saturated heterocycles. The van der Waals surface area contributed by atoms with Gasteiger partial charge in [0.15, 0.2) is 0 Å². The Morgan fingerprint density at radius 2 is 1.75 bits per heavy atom. The average molecular weight is 283 g/mol. The van der Waals surface area contributed by atoms with Gasteiger partial charge in [-0.25, -0.2) is 4.79 Å². The number of carbonyl (C=O) groups excluding carboxylic acids is 1. The van der Waals surface area contributed by atoms with Gasteiger partial charge in [0.2, 0.25) is 5.91 Å². The summed E-state index contributed by atoms with van der Waals surface area (Å²) in [5, 5.41) is 19.5. The monoisotopic (exact) mass is 283 g/mol. The molecule has 0 heterocycles. The summed E-state index contributed by atoms with van der Waals surface area (Å²) < 4.78 is 0. The van der Waals surface area contributed by atoms with Crippen molar-refractivity contribution in [2.75, 3.05) is 0 Å². The molecule has 0 aliphatic rings. The van der Waals surface area contributed by atoms with E-state index in [2.05, 4.69) is 5.32 Å². The van der Waals surface area contributed by atoms with Crippen LogP contribution < -0.4 is 5.32 Å². The van der Waals surface area contributed by atoms with E-state index in [0.29, 0.717) is 6.42 Å². The van der Waals surface area contributed by atoms with E-state index in [-0.39, 0.29) is 0 Å². The van der Waals surface area contributed by atoms with E-state index in [4.69, 9.17) is 10.2 Å². The summed E-state index contributed by atoms with van der Waals surface area (Å²) >= 11 is 0. The first-order chi connectivity index (χ1) is 9.22. The predicted octanol–water partition coefficient (Wildman–Crippen LogP) is 1.72. The Labute approximate surface area is 118 Å². The molecule has 0 aromatic heterocycles. The van der Waals surface area contributed by atoms with E-state index in [1.54, 1.807) is 6.92 Å². The number of nitrogens with one attached hydrogen (secondary N) is 1. The summed E-state index contributed by atoms with van der Waals surface area (Å²) in [6, 6.07) is -1.41. The fraction of sp³-hybridized carbons (Fsp3) is 0.500. The molecule has 0 saturated carbocycles. The van der Waals surface area contributed by atoms with Crippen LogP contribution in [0.4, 0.5) is 0 Å². The molecule has 0 fully saturated rings. The van der Waals surface area contributed by atoms with Crippen LogP contribution in [0.5, 0.6) is 0 Å². The summed E-state index contributed by atoms with van der Waals surface area (Å²) in [5.74, 6) is -3.23. The molecule has 1 atom stereocenters. The lowest BCUT2D eigenvalue weighted by Crippen LogP contribution is -2.41. The molecule has 6 heteroatoms. The number of hydrogen-bond donors (Lipinski definition) is 3. The third-order valence-corrected chi connectivity index (χ3v) is 2.46. The topological polar surface area (TPSA) is 104 Å². The molecule has 0 bridgehead atoms. The minimum absolute atomic E-state index is 0.589. The fourth-order valence-corrected chi connectivity index (χ4v) is 1.47. The van der Waals surface area contributed by atoms with E-state index < -0.39 is 30.3 Å². The molecule has 6 nitrogen and oxygen atoms in total. The summed E-state index contributed by atoms with van der Waals surface area (Å²) in [4.78, 5) is 32.9. The number of allylic oxidation sites excluding steroid dienone is 3. The zero-order valence-corrected chi connectivity index (χ0v) is 12.0. The lowest BCUT2D eigenvalue weighted by atomic mass is 10.1. The van der Waals surface area contributed by atoms with Crippen molar-refractivity contribution in [3.63, 3.8) is 0 Å². The molecule has 3 N–H and O–H groups in total. The quantitative estimate of drug-likeness (QED) is 0.465. The van der Waals surface area contributed by atoms with Gasteiger partial charge in [0.05, 0.1) is 6.42 Å². The van der Waals surface area contributed by atoms with Gasteiger partial charge < -0.3 is 15.5 Å². The number of hydrogen-bond acceptors (Lipinski definition) is 3. The van der Waals surface area contributed by atoms with Crippen LogP contribution in [0.2, 0.25) is 0 Å². The van der Waals surface area contributed by atoms with Crippen LogP contribution in [0.1, 0.15) is 40.0 Å². The first-order valence-electron chi connectivity index (χ1n) is 6.28. The fourth-order valence-electron chi connectivity index (χ4n) is 1.47. The third kappa shape index (κ3) is 8.91. The number of carboxylic acids is 2. The van der Waals surface area contributed by atoms with Crippen molar-refractivity contribution >= 4 is 17.8 Å². The van der Waals surface area contributed by atoms with Crippen molar-refractivity contribution < 1.29 is 24.6 Å². The molecular weight excluding hydrogens is 262 g/mol. The standard InChI is InChI=1S/C14H21NO5/c1-9(2)5-4-6-10(3)7-12(16)15-11(14(19)20)8-13(17)18/h5,7,11H,4,6,8H2,1-3H3,(H,15,16)(H,17,18)(H,19,20)/t11-/m0/s1. The molecule has 0 aromatic carbocycles. The van der Waals surface area contributed by atoms with Gasteiger partial charge in [0, 0.05) is 6.08 Å². The highest BCUT2D eigenvalue weighted by Gasteiger charge is 2.22. The van der Waals surface area contributed by atoms with Crippen molar-refractivity contribution in [3.05, 3.63) is 23.3 Å². The summed E-state index contributed by atoms with van der Waals surface area (Å²) in [6.45, 7) is 5.73. The van der Waals surface area contributed by atoms with Crippen LogP contribution in [-0.4, -0.2) is 34.1 Å². The maximum atomic E-state index is 11.6. The number of carboxylic acid groups (broad SMARTS) is 2. The second kappa shape index (κ2) is 8.90. The molecule has 20 heavy (non-hydrogen) atoms. The lowest BCUT2D eigenvalue weighted by molar-refractivity contribution is -0.146. The Kier molecular flexibility index (Phi) is 7.96. The number of carbonyl (C=O) groups is 3. The van der Waals surface area contributed by atoms with Crippen LogP contribution in [0, 0.1) is 0 Å². The SMILES string of the molecule is CC(C)=CCCC(C)=CC(=O)N[C@@H](CC(=O)O)C(=O)O. The Morgan fingerprint density at radius 1 is 1.15 bits per heavy atom. The molecular formula is C14H21NO5. The molecule has 0 unspecified atom stereocenters. The van der Waals surface area contributed by atoms with Gasteiger partial charge in [-0.2, -0.15) is 0 Å². The van der Waals surface area contributed by atoms with Gasteiger partial charge in [-0.3, -0.25) is 9.59 Å². The van der Waals surface area contributed by atoms with Gasteiger partial charge >= 0.3 is 11.9 Å². The molecule has 0 rings (SSSR count). The second-order valence-corrected chi connectivity index (χ2v) is 4.81. The molecule has 0 aliphatic carbocycles. The van der Waals surface area contributed by atoms with Gasteiger partial charge in [-0.05, 0) is 33.6 Å². The lowest BCUT2D eigenvalue weighted by Gasteiger charge is -2.11. The Morgan fingerprint density at radius 3 is 2.20 bits per heavy atom. The smallest absolute Gasteiger partial charge is 0.326 e. The highest BCUT2D eigenvalue weighted by Crippen LogP contribution is 2.06. The Balaban J connectivity index is 4.46.